The Hall–Kier alpha value is -1.54. The minimum Gasteiger partial charge on any atom is -0.345 e. The van der Waals surface area contributed by atoms with E-state index in [0.717, 1.165) is 44.2 Å². The molecule has 1 fully saturated rings. The Morgan fingerprint density at radius 2 is 2.15 bits per heavy atom. The lowest BCUT2D eigenvalue weighted by Crippen LogP contribution is -2.48. The van der Waals surface area contributed by atoms with Gasteiger partial charge < -0.3 is 9.80 Å². The molecule has 1 aliphatic heterocycles. The average molecular weight is 291 g/mol. The zero-order chi connectivity index (χ0) is 14.2. The fraction of sp³-hybridized carbons (Fsp3) is 0.600. The highest BCUT2D eigenvalue weighted by Crippen LogP contribution is 2.18. The van der Waals surface area contributed by atoms with Gasteiger partial charge >= 0.3 is 0 Å². The first-order chi connectivity index (χ1) is 9.81. The molecule has 0 saturated carbocycles. The van der Waals surface area contributed by atoms with Crippen LogP contribution in [0.3, 0.4) is 0 Å². The largest absolute Gasteiger partial charge is 0.345 e. The van der Waals surface area contributed by atoms with E-state index in [1.807, 2.05) is 16.5 Å². The van der Waals surface area contributed by atoms with Crippen molar-refractivity contribution in [3.63, 3.8) is 0 Å². The van der Waals surface area contributed by atoms with Crippen molar-refractivity contribution in [2.45, 2.75) is 32.6 Å². The minimum atomic E-state index is -0.0275. The number of hydrogen-bond donors (Lipinski definition) is 0. The molecule has 5 heteroatoms. The van der Waals surface area contributed by atoms with E-state index in [9.17, 15) is 4.79 Å². The van der Waals surface area contributed by atoms with E-state index in [4.69, 9.17) is 0 Å². The van der Waals surface area contributed by atoms with Crippen molar-refractivity contribution in [1.82, 2.24) is 9.88 Å². The van der Waals surface area contributed by atoms with Crippen molar-refractivity contribution in [2.24, 2.45) is 0 Å². The maximum absolute atomic E-state index is 11.9. The Kier molecular flexibility index (Phi) is 5.87. The highest BCUT2D eigenvalue weighted by molar-refractivity contribution is 7.13. The number of carbonyl (C=O) groups is 1. The summed E-state index contributed by atoms with van der Waals surface area (Å²) < 4.78 is 0. The Balaban J connectivity index is 1.74. The van der Waals surface area contributed by atoms with Crippen molar-refractivity contribution < 1.29 is 4.79 Å². The van der Waals surface area contributed by atoms with Crippen LogP contribution in [0.25, 0.3) is 0 Å². The van der Waals surface area contributed by atoms with Crippen molar-refractivity contribution in [2.75, 3.05) is 31.1 Å². The SMILES string of the molecule is CCCCCC#CC(=O)N1CCN(c2nccs2)CC1. The summed E-state index contributed by atoms with van der Waals surface area (Å²) in [5.41, 5.74) is 0. The third-order valence-electron chi connectivity index (χ3n) is 3.36. The first-order valence-corrected chi connectivity index (χ1v) is 8.11. The fourth-order valence-corrected chi connectivity index (χ4v) is 2.85. The summed E-state index contributed by atoms with van der Waals surface area (Å²) in [5.74, 6) is 5.73. The van der Waals surface area contributed by atoms with Gasteiger partial charge in [-0.2, -0.15) is 0 Å². The molecular weight excluding hydrogens is 270 g/mol. The quantitative estimate of drug-likeness (QED) is 0.631. The number of nitrogens with zero attached hydrogens (tertiary/aromatic N) is 3. The van der Waals surface area contributed by atoms with E-state index in [1.165, 1.54) is 12.8 Å². The first-order valence-electron chi connectivity index (χ1n) is 7.23. The van der Waals surface area contributed by atoms with Crippen LogP contribution in [0.4, 0.5) is 5.13 Å². The molecule has 1 saturated heterocycles. The number of rotatable bonds is 4. The molecule has 2 heterocycles. The lowest BCUT2D eigenvalue weighted by atomic mass is 10.2. The van der Waals surface area contributed by atoms with Crippen molar-refractivity contribution in [1.29, 1.82) is 0 Å². The Morgan fingerprint density at radius 3 is 2.80 bits per heavy atom. The summed E-state index contributed by atoms with van der Waals surface area (Å²) in [5, 5.41) is 3.03. The molecule has 0 N–H and O–H groups in total. The molecule has 0 spiro atoms. The van der Waals surface area contributed by atoms with E-state index in [-0.39, 0.29) is 5.91 Å². The van der Waals surface area contributed by atoms with Crippen LogP contribution in [-0.2, 0) is 4.79 Å². The molecule has 4 nitrogen and oxygen atoms in total. The van der Waals surface area contributed by atoms with Crippen LogP contribution in [0.2, 0.25) is 0 Å². The summed E-state index contributed by atoms with van der Waals surface area (Å²) in [7, 11) is 0. The molecule has 0 bridgehead atoms. The van der Waals surface area contributed by atoms with Gasteiger partial charge in [0.25, 0.3) is 5.91 Å². The molecule has 2 rings (SSSR count). The predicted octanol–water partition coefficient (Wildman–Crippen LogP) is 2.38. The molecule has 0 radical (unpaired) electrons. The van der Waals surface area contributed by atoms with E-state index in [1.54, 1.807) is 11.3 Å². The summed E-state index contributed by atoms with van der Waals surface area (Å²) >= 11 is 1.64. The Morgan fingerprint density at radius 1 is 1.35 bits per heavy atom. The Labute approximate surface area is 124 Å². The second kappa shape index (κ2) is 7.91. The molecule has 0 aliphatic carbocycles. The lowest BCUT2D eigenvalue weighted by Gasteiger charge is -2.33. The van der Waals surface area contributed by atoms with Crippen LogP contribution >= 0.6 is 11.3 Å². The number of hydrogen-bond acceptors (Lipinski definition) is 4. The number of thiazole rings is 1. The lowest BCUT2D eigenvalue weighted by molar-refractivity contribution is -0.125. The maximum atomic E-state index is 11.9. The standard InChI is InChI=1S/C15H21N3OS/c1-2-3-4-5-6-7-14(19)17-9-11-18(12-10-17)15-16-8-13-20-15/h8,13H,2-5,9-12H2,1H3. The van der Waals surface area contributed by atoms with Crippen LogP contribution in [-0.4, -0.2) is 42.0 Å². The van der Waals surface area contributed by atoms with Crippen molar-refractivity contribution >= 4 is 22.4 Å². The molecular formula is C15H21N3OS. The third-order valence-corrected chi connectivity index (χ3v) is 4.19. The molecule has 1 aromatic rings. The van der Waals surface area contributed by atoms with Gasteiger partial charge in [0.05, 0.1) is 0 Å². The van der Waals surface area contributed by atoms with Crippen molar-refractivity contribution in [3.05, 3.63) is 11.6 Å². The second-order valence-corrected chi connectivity index (χ2v) is 5.73. The molecule has 0 atom stereocenters. The number of aromatic nitrogens is 1. The smallest absolute Gasteiger partial charge is 0.298 e. The van der Waals surface area contributed by atoms with Crippen LogP contribution in [0, 0.1) is 11.8 Å². The van der Waals surface area contributed by atoms with E-state index in [2.05, 4.69) is 28.6 Å². The third kappa shape index (κ3) is 4.24. The fourth-order valence-electron chi connectivity index (χ4n) is 2.15. The summed E-state index contributed by atoms with van der Waals surface area (Å²) in [4.78, 5) is 20.3. The monoisotopic (exact) mass is 291 g/mol. The van der Waals surface area contributed by atoms with E-state index >= 15 is 0 Å². The van der Waals surface area contributed by atoms with E-state index < -0.39 is 0 Å². The van der Waals surface area contributed by atoms with Crippen LogP contribution < -0.4 is 4.90 Å². The van der Waals surface area contributed by atoms with Crippen LogP contribution in [0.5, 0.6) is 0 Å². The molecule has 1 aliphatic rings. The minimum absolute atomic E-state index is 0.0275. The van der Waals surface area contributed by atoms with Gasteiger partial charge in [-0.25, -0.2) is 4.98 Å². The molecule has 1 amide bonds. The number of unbranched alkanes of at least 4 members (excludes halogenated alkanes) is 3. The zero-order valence-corrected chi connectivity index (χ0v) is 12.8. The topological polar surface area (TPSA) is 36.4 Å². The van der Waals surface area contributed by atoms with Gasteiger partial charge in [-0.1, -0.05) is 25.7 Å². The molecule has 20 heavy (non-hydrogen) atoms. The van der Waals surface area contributed by atoms with E-state index in [0.29, 0.717) is 0 Å². The summed E-state index contributed by atoms with van der Waals surface area (Å²) in [6.07, 6.45) is 6.12. The summed E-state index contributed by atoms with van der Waals surface area (Å²) in [6, 6.07) is 0. The maximum Gasteiger partial charge on any atom is 0.298 e. The predicted molar refractivity (Wildman–Crippen MR) is 82.8 cm³/mol. The number of amides is 1. The number of anilines is 1. The number of carbonyl (C=O) groups excluding carboxylic acids is 1. The highest BCUT2D eigenvalue weighted by Gasteiger charge is 2.21. The first kappa shape index (κ1) is 14.9. The van der Waals surface area contributed by atoms with Crippen molar-refractivity contribution in [3.8, 4) is 11.8 Å². The highest BCUT2D eigenvalue weighted by atomic mass is 32.1. The molecule has 1 aromatic heterocycles. The second-order valence-electron chi connectivity index (χ2n) is 4.85. The van der Waals surface area contributed by atoms with Gasteiger partial charge in [0, 0.05) is 44.2 Å². The van der Waals surface area contributed by atoms with Gasteiger partial charge in [-0.3, -0.25) is 4.79 Å². The van der Waals surface area contributed by atoms with Gasteiger partial charge in [0.1, 0.15) is 0 Å². The Bertz CT molecular complexity index is 467. The normalized spacial score (nSPS) is 14.8. The zero-order valence-electron chi connectivity index (χ0n) is 12.0. The van der Waals surface area contributed by atoms with Gasteiger partial charge in [0.15, 0.2) is 5.13 Å². The number of piperazine rings is 1. The molecule has 0 aromatic carbocycles. The average Bonchev–Trinajstić information content (AvgIpc) is 3.01. The molecule has 108 valence electrons. The summed E-state index contributed by atoms with van der Waals surface area (Å²) in [6.45, 7) is 5.33. The van der Waals surface area contributed by atoms with Crippen LogP contribution in [0.1, 0.15) is 32.6 Å². The van der Waals surface area contributed by atoms with Gasteiger partial charge in [-0.15, -0.1) is 11.3 Å². The molecule has 0 unspecified atom stereocenters. The van der Waals surface area contributed by atoms with Gasteiger partial charge in [0.2, 0.25) is 0 Å². The van der Waals surface area contributed by atoms with Crippen LogP contribution in [0.15, 0.2) is 11.6 Å². The van der Waals surface area contributed by atoms with Gasteiger partial charge in [-0.05, 0) is 12.3 Å².